The van der Waals surface area contributed by atoms with Gasteiger partial charge in [0, 0.05) is 66.8 Å². The molecule has 68 heavy (non-hydrogen) atoms. The van der Waals surface area contributed by atoms with Gasteiger partial charge in [0.1, 0.15) is 0 Å². The summed E-state index contributed by atoms with van der Waals surface area (Å²) in [4.78, 5) is 7.43. The first kappa shape index (κ1) is 42.7. The molecule has 0 spiro atoms. The van der Waals surface area contributed by atoms with Crippen molar-refractivity contribution in [3.8, 4) is 11.1 Å². The molecule has 0 unspecified atom stereocenters. The van der Waals surface area contributed by atoms with Gasteiger partial charge in [-0.1, -0.05) is 150 Å². The first-order valence-electron chi connectivity index (χ1n) is 23.9. The summed E-state index contributed by atoms with van der Waals surface area (Å²) in [5.41, 5.74) is 22.4. The molecule has 0 N–H and O–H groups in total. The van der Waals surface area contributed by atoms with Crippen LogP contribution >= 0.6 is 0 Å². The second kappa shape index (κ2) is 16.8. The van der Waals surface area contributed by atoms with E-state index in [4.69, 9.17) is 0 Å². The molecule has 0 aliphatic heterocycles. The molecule has 10 aromatic rings. The van der Waals surface area contributed by atoms with Gasteiger partial charge in [-0.15, -0.1) is 0 Å². The van der Waals surface area contributed by atoms with E-state index in [1.807, 2.05) is 0 Å². The van der Waals surface area contributed by atoms with E-state index in [2.05, 4.69) is 270 Å². The van der Waals surface area contributed by atoms with Gasteiger partial charge >= 0.3 is 0 Å². The molecule has 0 saturated carbocycles. The van der Waals surface area contributed by atoms with Crippen LogP contribution in [-0.4, -0.2) is 0 Å². The van der Waals surface area contributed by atoms with Crippen molar-refractivity contribution in [2.45, 2.75) is 60.8 Å². The van der Waals surface area contributed by atoms with E-state index in [0.29, 0.717) is 0 Å². The predicted molar refractivity (Wildman–Crippen MR) is 291 cm³/mol. The summed E-state index contributed by atoms with van der Waals surface area (Å²) < 4.78 is 0. The van der Waals surface area contributed by atoms with Crippen LogP contribution in [0.15, 0.2) is 200 Å². The quantitative estimate of drug-likeness (QED) is 0.106. The highest BCUT2D eigenvalue weighted by Gasteiger charge is 2.37. The van der Waals surface area contributed by atoms with Crippen molar-refractivity contribution in [2.75, 3.05) is 14.7 Å². The topological polar surface area (TPSA) is 9.72 Å². The van der Waals surface area contributed by atoms with Crippen molar-refractivity contribution in [1.29, 1.82) is 0 Å². The van der Waals surface area contributed by atoms with Crippen LogP contribution in [0, 0.1) is 41.5 Å². The number of aryl methyl sites for hydroxylation is 6. The van der Waals surface area contributed by atoms with Gasteiger partial charge in [0.25, 0.3) is 0 Å². The van der Waals surface area contributed by atoms with Crippen LogP contribution in [-0.2, 0) is 5.41 Å². The number of nitrogens with zero attached hydrogens (tertiary/aromatic N) is 3. The lowest BCUT2D eigenvalue weighted by Gasteiger charge is -2.34. The average Bonchev–Trinajstić information content (AvgIpc) is 3.57. The molecular formula is C65H57N3. The molecule has 0 bridgehead atoms. The van der Waals surface area contributed by atoms with Gasteiger partial charge in [0.2, 0.25) is 0 Å². The van der Waals surface area contributed by atoms with Crippen molar-refractivity contribution < 1.29 is 0 Å². The second-order valence-electron chi connectivity index (χ2n) is 19.6. The number of fused-ring (bicyclic) bond motifs is 5. The van der Waals surface area contributed by atoms with Gasteiger partial charge in [-0.2, -0.15) is 0 Å². The van der Waals surface area contributed by atoms with Gasteiger partial charge < -0.3 is 14.7 Å². The van der Waals surface area contributed by atoms with Crippen LogP contribution < -0.4 is 14.7 Å². The maximum atomic E-state index is 2.54. The van der Waals surface area contributed by atoms with Crippen molar-refractivity contribution in [2.24, 2.45) is 0 Å². The summed E-state index contributed by atoms with van der Waals surface area (Å²) >= 11 is 0. The first-order chi connectivity index (χ1) is 32.9. The zero-order valence-corrected chi connectivity index (χ0v) is 40.4. The first-order valence-corrected chi connectivity index (χ1v) is 23.9. The van der Waals surface area contributed by atoms with Crippen molar-refractivity contribution in [3.05, 3.63) is 245 Å². The molecular weight excluding hydrogens is 823 g/mol. The van der Waals surface area contributed by atoms with Crippen molar-refractivity contribution in [1.82, 2.24) is 0 Å². The minimum atomic E-state index is -0.217. The molecule has 0 fully saturated rings. The van der Waals surface area contributed by atoms with Crippen LogP contribution in [0.25, 0.3) is 32.7 Å². The number of hydrogen-bond acceptors (Lipinski definition) is 3. The smallest absolute Gasteiger partial charge is 0.0620 e. The Kier molecular flexibility index (Phi) is 10.5. The molecule has 0 atom stereocenters. The Balaban J connectivity index is 1.35. The summed E-state index contributed by atoms with van der Waals surface area (Å²) in [7, 11) is 0. The number of anilines is 9. The fourth-order valence-electron chi connectivity index (χ4n) is 10.4. The largest absolute Gasteiger partial charge is 0.310 e. The molecule has 0 radical (unpaired) electrons. The van der Waals surface area contributed by atoms with Crippen molar-refractivity contribution in [3.63, 3.8) is 0 Å². The molecule has 0 aromatic heterocycles. The number of benzene rings is 10. The Labute approximate surface area is 402 Å². The monoisotopic (exact) mass is 879 g/mol. The third kappa shape index (κ3) is 7.40. The van der Waals surface area contributed by atoms with E-state index in [1.54, 1.807) is 0 Å². The minimum absolute atomic E-state index is 0.217. The molecule has 11 rings (SSSR count). The third-order valence-electron chi connectivity index (χ3n) is 14.2. The Morgan fingerprint density at radius 1 is 0.265 bits per heavy atom. The van der Waals surface area contributed by atoms with Crippen LogP contribution in [0.2, 0.25) is 0 Å². The Morgan fingerprint density at radius 2 is 0.588 bits per heavy atom. The van der Waals surface area contributed by atoms with E-state index < -0.39 is 0 Å². The molecule has 0 heterocycles. The van der Waals surface area contributed by atoms with Gasteiger partial charge in [0.15, 0.2) is 0 Å². The molecule has 3 heteroatoms. The molecule has 3 nitrogen and oxygen atoms in total. The normalized spacial score (nSPS) is 12.5. The lowest BCUT2D eigenvalue weighted by atomic mass is 9.81. The van der Waals surface area contributed by atoms with E-state index in [1.165, 1.54) is 66.4 Å². The molecule has 1 aliphatic rings. The number of rotatable bonds is 9. The van der Waals surface area contributed by atoms with E-state index >= 15 is 0 Å². The third-order valence-corrected chi connectivity index (χ3v) is 14.2. The summed E-state index contributed by atoms with van der Waals surface area (Å²) in [6.45, 7) is 17.8. The van der Waals surface area contributed by atoms with E-state index in [0.717, 1.165) is 62.0 Å². The Morgan fingerprint density at radius 3 is 1.00 bits per heavy atom. The maximum absolute atomic E-state index is 2.54. The lowest BCUT2D eigenvalue weighted by molar-refractivity contribution is 0.661. The predicted octanol–water partition coefficient (Wildman–Crippen LogP) is 18.6. The highest BCUT2D eigenvalue weighted by molar-refractivity contribution is 6.25. The molecule has 10 aromatic carbocycles. The summed E-state index contributed by atoms with van der Waals surface area (Å²) in [6.07, 6.45) is 0. The minimum Gasteiger partial charge on any atom is -0.310 e. The van der Waals surface area contributed by atoms with Crippen LogP contribution in [0.5, 0.6) is 0 Å². The molecule has 1 aliphatic carbocycles. The van der Waals surface area contributed by atoms with Gasteiger partial charge in [-0.3, -0.25) is 0 Å². The fraction of sp³-hybridized carbons (Fsp3) is 0.138. The molecule has 0 amide bonds. The zero-order valence-electron chi connectivity index (χ0n) is 40.4. The average molecular weight is 880 g/mol. The zero-order chi connectivity index (χ0) is 46.8. The maximum Gasteiger partial charge on any atom is 0.0620 e. The highest BCUT2D eigenvalue weighted by atomic mass is 15.2. The van der Waals surface area contributed by atoms with Crippen molar-refractivity contribution >= 4 is 72.7 Å². The molecule has 0 saturated heterocycles. The molecule has 332 valence electrons. The van der Waals surface area contributed by atoms with Crippen LogP contribution in [0.1, 0.15) is 58.4 Å². The van der Waals surface area contributed by atoms with Crippen LogP contribution in [0.3, 0.4) is 0 Å². The van der Waals surface area contributed by atoms with Gasteiger partial charge in [-0.05, 0) is 161 Å². The van der Waals surface area contributed by atoms with Gasteiger partial charge in [0.05, 0.1) is 11.4 Å². The van der Waals surface area contributed by atoms with E-state index in [-0.39, 0.29) is 5.41 Å². The SMILES string of the molecule is Cc1ccc(N(c2ccc(C)cc2)c2ccc3c(N(c4ccc(C)cc4)c4ccc(C)cc4)c4cc5c(cc4c(N(c4ccc(C)cc4)c4ccc(C)cc4)c3c2)-c2ccccc2C5(C)C)cc1. The summed E-state index contributed by atoms with van der Waals surface area (Å²) in [5.74, 6) is 0. The number of hydrogen-bond donors (Lipinski definition) is 0. The highest BCUT2D eigenvalue weighted by Crippen LogP contribution is 2.57. The second-order valence-corrected chi connectivity index (χ2v) is 19.6. The summed E-state index contributed by atoms with van der Waals surface area (Å²) in [5, 5.41) is 4.67. The lowest BCUT2D eigenvalue weighted by Crippen LogP contribution is -2.17. The standard InChI is InChI=1S/C65H57N3/c1-42-13-25-48(26-14-42)66(49-27-15-43(2)16-28-49)54-37-38-56-58(39-54)64(68(52-33-21-46(5)22-34-52)53-35-23-47(6)24-36-53)59-40-57-55-11-9-10-12-61(55)65(7,8)62(57)41-60(59)63(56)67(50-29-17-44(3)18-30-50)51-31-19-45(4)20-32-51/h9-41H,1-8H3. The summed E-state index contributed by atoms with van der Waals surface area (Å²) in [6, 6.07) is 75.3. The van der Waals surface area contributed by atoms with Crippen LogP contribution in [0.4, 0.5) is 51.2 Å². The Bertz CT molecular complexity index is 3360. The van der Waals surface area contributed by atoms with E-state index in [9.17, 15) is 0 Å². The fourth-order valence-corrected chi connectivity index (χ4v) is 10.4. The Hall–Kier alpha value is -7.88. The van der Waals surface area contributed by atoms with Gasteiger partial charge in [-0.25, -0.2) is 0 Å².